The number of benzene rings is 1. The van der Waals surface area contributed by atoms with E-state index in [9.17, 15) is 13.2 Å². The van der Waals surface area contributed by atoms with Crippen LogP contribution in [0.2, 0.25) is 0 Å². The van der Waals surface area contributed by atoms with E-state index in [1.54, 1.807) is 30.5 Å². The maximum Gasteiger partial charge on any atom is 0.253 e. The standard InChI is InChI=1S/C18H27N3O3S/c1-20(2)18(22)15-5-7-17(8-6-15)25(23,24)21-11-9-16(10-12-21)19-13-14-3-4-14/h5-8,14,16,19H,3-4,9-13H2,1-2H3. The van der Waals surface area contributed by atoms with Crippen molar-refractivity contribution in [1.29, 1.82) is 0 Å². The quantitative estimate of drug-likeness (QED) is 0.830. The maximum atomic E-state index is 12.8. The Morgan fingerprint density at radius 2 is 1.72 bits per heavy atom. The molecule has 0 spiro atoms. The van der Waals surface area contributed by atoms with Crippen molar-refractivity contribution < 1.29 is 13.2 Å². The van der Waals surface area contributed by atoms with Crippen LogP contribution >= 0.6 is 0 Å². The van der Waals surface area contributed by atoms with Gasteiger partial charge in [-0.1, -0.05) is 0 Å². The highest BCUT2D eigenvalue weighted by atomic mass is 32.2. The van der Waals surface area contributed by atoms with Crippen molar-refractivity contribution in [3.8, 4) is 0 Å². The lowest BCUT2D eigenvalue weighted by molar-refractivity contribution is 0.0827. The number of hydrogen-bond donors (Lipinski definition) is 1. The Kier molecular flexibility index (Phi) is 5.46. The second-order valence-corrected chi connectivity index (χ2v) is 9.19. The van der Waals surface area contributed by atoms with E-state index >= 15 is 0 Å². The Morgan fingerprint density at radius 1 is 1.12 bits per heavy atom. The van der Waals surface area contributed by atoms with Gasteiger partial charge in [0.15, 0.2) is 0 Å². The molecule has 1 heterocycles. The molecule has 1 aromatic carbocycles. The molecular formula is C18H27N3O3S. The van der Waals surface area contributed by atoms with Gasteiger partial charge in [-0.25, -0.2) is 8.42 Å². The number of carbonyl (C=O) groups is 1. The van der Waals surface area contributed by atoms with Gasteiger partial charge < -0.3 is 10.2 Å². The Morgan fingerprint density at radius 3 is 2.24 bits per heavy atom. The molecule has 138 valence electrons. The molecule has 25 heavy (non-hydrogen) atoms. The van der Waals surface area contributed by atoms with Crippen LogP contribution in [0.4, 0.5) is 0 Å². The Balaban J connectivity index is 1.60. The van der Waals surface area contributed by atoms with Gasteiger partial charge in [-0.2, -0.15) is 4.31 Å². The third-order valence-electron chi connectivity index (χ3n) is 4.99. The number of rotatable bonds is 6. The summed E-state index contributed by atoms with van der Waals surface area (Å²) in [6.07, 6.45) is 4.35. The van der Waals surface area contributed by atoms with Gasteiger partial charge >= 0.3 is 0 Å². The van der Waals surface area contributed by atoms with E-state index in [-0.39, 0.29) is 10.8 Å². The Labute approximate surface area is 150 Å². The summed E-state index contributed by atoms with van der Waals surface area (Å²) in [6, 6.07) is 6.65. The van der Waals surface area contributed by atoms with Gasteiger partial charge in [-0.05, 0) is 62.4 Å². The van der Waals surface area contributed by atoms with Gasteiger partial charge in [-0.15, -0.1) is 0 Å². The van der Waals surface area contributed by atoms with Crippen LogP contribution in [0, 0.1) is 5.92 Å². The molecule has 0 atom stereocenters. The van der Waals surface area contributed by atoms with Gasteiger partial charge in [-0.3, -0.25) is 4.79 Å². The van der Waals surface area contributed by atoms with Crippen LogP contribution in [-0.4, -0.2) is 63.3 Å². The number of piperidine rings is 1. The number of carbonyl (C=O) groups excluding carboxylic acids is 1. The van der Waals surface area contributed by atoms with E-state index in [4.69, 9.17) is 0 Å². The zero-order valence-electron chi connectivity index (χ0n) is 14.9. The minimum atomic E-state index is -3.49. The van der Waals surface area contributed by atoms with E-state index in [0.717, 1.165) is 25.3 Å². The molecule has 0 unspecified atom stereocenters. The number of nitrogens with zero attached hydrogens (tertiary/aromatic N) is 2. The number of amides is 1. The highest BCUT2D eigenvalue weighted by Gasteiger charge is 2.30. The monoisotopic (exact) mass is 365 g/mol. The van der Waals surface area contributed by atoms with Crippen LogP contribution in [0.1, 0.15) is 36.0 Å². The molecule has 6 nitrogen and oxygen atoms in total. The SMILES string of the molecule is CN(C)C(=O)c1ccc(S(=O)(=O)N2CCC(NCC3CC3)CC2)cc1. The van der Waals surface area contributed by atoms with Crippen LogP contribution in [-0.2, 0) is 10.0 Å². The lowest BCUT2D eigenvalue weighted by Gasteiger charge is -2.31. The fourth-order valence-corrected chi connectivity index (χ4v) is 4.60. The maximum absolute atomic E-state index is 12.8. The summed E-state index contributed by atoms with van der Waals surface area (Å²) < 4.78 is 27.2. The first-order chi connectivity index (χ1) is 11.9. The molecule has 0 aromatic heterocycles. The van der Waals surface area contributed by atoms with Crippen molar-refractivity contribution in [2.45, 2.75) is 36.6 Å². The summed E-state index contributed by atoms with van der Waals surface area (Å²) in [5.74, 6) is 0.705. The normalized spacial score (nSPS) is 19.8. The minimum absolute atomic E-state index is 0.133. The average Bonchev–Trinajstić information content (AvgIpc) is 3.44. The molecule has 1 aliphatic heterocycles. The van der Waals surface area contributed by atoms with E-state index in [0.29, 0.717) is 24.7 Å². The first-order valence-electron chi connectivity index (χ1n) is 8.93. The molecule has 0 bridgehead atoms. The topological polar surface area (TPSA) is 69.7 Å². The summed E-state index contributed by atoms with van der Waals surface area (Å²) in [6.45, 7) is 2.16. The first kappa shape index (κ1) is 18.4. The molecule has 1 aliphatic carbocycles. The predicted octanol–water partition coefficient (Wildman–Crippen LogP) is 1.54. The Bertz CT molecular complexity index is 704. The van der Waals surface area contributed by atoms with Crippen molar-refractivity contribution in [2.75, 3.05) is 33.7 Å². The number of sulfonamides is 1. The molecular weight excluding hydrogens is 338 g/mol. The Hall–Kier alpha value is -1.44. The van der Waals surface area contributed by atoms with Crippen molar-refractivity contribution in [1.82, 2.24) is 14.5 Å². The van der Waals surface area contributed by atoms with Crippen LogP contribution in [0.3, 0.4) is 0 Å². The second-order valence-electron chi connectivity index (χ2n) is 7.25. The summed E-state index contributed by atoms with van der Waals surface area (Å²) in [4.78, 5) is 13.6. The van der Waals surface area contributed by atoms with Gasteiger partial charge in [0.1, 0.15) is 0 Å². The molecule has 1 aromatic rings. The van der Waals surface area contributed by atoms with Crippen molar-refractivity contribution >= 4 is 15.9 Å². The molecule has 1 N–H and O–H groups in total. The van der Waals surface area contributed by atoms with E-state index in [1.165, 1.54) is 29.9 Å². The summed E-state index contributed by atoms with van der Waals surface area (Å²) in [5, 5.41) is 3.56. The third kappa shape index (κ3) is 4.40. The van der Waals surface area contributed by atoms with Gasteiger partial charge in [0.05, 0.1) is 4.90 Å². The van der Waals surface area contributed by atoms with Gasteiger partial charge in [0.2, 0.25) is 10.0 Å². The van der Waals surface area contributed by atoms with E-state index < -0.39 is 10.0 Å². The number of nitrogens with one attached hydrogen (secondary N) is 1. The zero-order chi connectivity index (χ0) is 18.0. The highest BCUT2D eigenvalue weighted by Crippen LogP contribution is 2.28. The summed E-state index contributed by atoms with van der Waals surface area (Å²) in [5.41, 5.74) is 0.493. The lowest BCUT2D eigenvalue weighted by atomic mass is 10.1. The fraction of sp³-hybridized carbons (Fsp3) is 0.611. The molecule has 1 saturated heterocycles. The molecule has 1 saturated carbocycles. The van der Waals surface area contributed by atoms with Crippen molar-refractivity contribution in [3.63, 3.8) is 0 Å². The second kappa shape index (κ2) is 7.43. The predicted molar refractivity (Wildman–Crippen MR) is 97.0 cm³/mol. The highest BCUT2D eigenvalue weighted by molar-refractivity contribution is 7.89. The van der Waals surface area contributed by atoms with E-state index in [2.05, 4.69) is 5.32 Å². The largest absolute Gasteiger partial charge is 0.345 e. The van der Waals surface area contributed by atoms with Gasteiger partial charge in [0, 0.05) is 38.8 Å². The smallest absolute Gasteiger partial charge is 0.253 e. The summed E-state index contributed by atoms with van der Waals surface area (Å²) >= 11 is 0. The molecule has 3 rings (SSSR count). The van der Waals surface area contributed by atoms with Crippen LogP contribution < -0.4 is 5.32 Å². The molecule has 2 fully saturated rings. The van der Waals surface area contributed by atoms with E-state index in [1.807, 2.05) is 0 Å². The average molecular weight is 365 g/mol. The number of hydrogen-bond acceptors (Lipinski definition) is 4. The first-order valence-corrected chi connectivity index (χ1v) is 10.4. The molecule has 7 heteroatoms. The van der Waals surface area contributed by atoms with Crippen LogP contribution in [0.25, 0.3) is 0 Å². The van der Waals surface area contributed by atoms with Crippen LogP contribution in [0.15, 0.2) is 29.2 Å². The third-order valence-corrected chi connectivity index (χ3v) is 6.90. The zero-order valence-corrected chi connectivity index (χ0v) is 15.8. The van der Waals surface area contributed by atoms with Crippen molar-refractivity contribution in [3.05, 3.63) is 29.8 Å². The fourth-order valence-electron chi connectivity index (χ4n) is 3.13. The summed E-state index contributed by atoms with van der Waals surface area (Å²) in [7, 11) is -0.136. The lowest BCUT2D eigenvalue weighted by Crippen LogP contribution is -2.45. The molecule has 1 amide bonds. The molecule has 0 radical (unpaired) electrons. The van der Waals surface area contributed by atoms with Gasteiger partial charge in [0.25, 0.3) is 5.91 Å². The minimum Gasteiger partial charge on any atom is -0.345 e. The van der Waals surface area contributed by atoms with Crippen LogP contribution in [0.5, 0.6) is 0 Å². The van der Waals surface area contributed by atoms with Crippen molar-refractivity contribution in [2.24, 2.45) is 5.92 Å². The molecule has 2 aliphatic rings.